The molecule has 1 unspecified atom stereocenters. The fourth-order valence-corrected chi connectivity index (χ4v) is 2.08. The molecule has 15 heavy (non-hydrogen) atoms. The molecule has 6 heteroatoms. The molecule has 1 aromatic carbocycles. The average Bonchev–Trinajstić information content (AvgIpc) is 2.40. The average molecular weight is 249 g/mol. The second-order valence-corrected chi connectivity index (χ2v) is 4.37. The fourth-order valence-electron chi connectivity index (χ4n) is 1.30. The molecule has 1 aliphatic rings. The Hall–Kier alpha value is -0.780. The summed E-state index contributed by atoms with van der Waals surface area (Å²) in [6.45, 7) is 1.09. The third-order valence-corrected chi connectivity index (χ3v) is 3.13. The maximum atomic E-state index is 10.9. The zero-order chi connectivity index (χ0) is 10.8. The predicted octanol–water partition coefficient (Wildman–Crippen LogP) is 2.08. The van der Waals surface area contributed by atoms with Gasteiger partial charge in [0.1, 0.15) is 0 Å². The standard InChI is InChI=1S/C9H9ClO4S/c10-6-4-7-8(5-9(6)15(11)12)14-3-1-2-13-7/h4-5H,1-3H2,(H,11,12). The van der Waals surface area contributed by atoms with Crippen LogP contribution in [0.3, 0.4) is 0 Å². The Morgan fingerprint density at radius 1 is 1.27 bits per heavy atom. The molecule has 0 amide bonds. The molecule has 1 heterocycles. The van der Waals surface area contributed by atoms with Crippen LogP contribution < -0.4 is 9.47 Å². The van der Waals surface area contributed by atoms with Gasteiger partial charge in [-0.1, -0.05) is 11.6 Å². The van der Waals surface area contributed by atoms with E-state index in [9.17, 15) is 4.21 Å². The molecule has 82 valence electrons. The predicted molar refractivity (Wildman–Crippen MR) is 56.1 cm³/mol. The van der Waals surface area contributed by atoms with Crippen LogP contribution >= 0.6 is 11.6 Å². The van der Waals surface area contributed by atoms with Crippen molar-refractivity contribution in [1.82, 2.24) is 0 Å². The van der Waals surface area contributed by atoms with Crippen molar-refractivity contribution in [3.05, 3.63) is 17.2 Å². The minimum absolute atomic E-state index is 0.140. The Kier molecular flexibility index (Phi) is 3.14. The van der Waals surface area contributed by atoms with Gasteiger partial charge in [0.25, 0.3) is 0 Å². The smallest absolute Gasteiger partial charge is 0.188 e. The zero-order valence-corrected chi connectivity index (χ0v) is 9.31. The van der Waals surface area contributed by atoms with Crippen molar-refractivity contribution < 1.29 is 18.2 Å². The highest BCUT2D eigenvalue weighted by molar-refractivity contribution is 7.79. The van der Waals surface area contributed by atoms with Gasteiger partial charge in [0.15, 0.2) is 22.6 Å². The van der Waals surface area contributed by atoms with Crippen LogP contribution in [0.25, 0.3) is 0 Å². The first-order valence-electron chi connectivity index (χ1n) is 4.38. The van der Waals surface area contributed by atoms with Crippen LogP contribution in [-0.2, 0) is 11.1 Å². The first kappa shape index (κ1) is 10.7. The molecule has 0 radical (unpaired) electrons. The minimum Gasteiger partial charge on any atom is -0.490 e. The molecule has 0 saturated carbocycles. The van der Waals surface area contributed by atoms with E-state index in [0.717, 1.165) is 6.42 Å². The van der Waals surface area contributed by atoms with Crippen molar-refractivity contribution in [3.63, 3.8) is 0 Å². The van der Waals surface area contributed by atoms with Crippen molar-refractivity contribution in [2.24, 2.45) is 0 Å². The largest absolute Gasteiger partial charge is 0.490 e. The second kappa shape index (κ2) is 4.38. The molecule has 1 aliphatic heterocycles. The minimum atomic E-state index is -2.11. The van der Waals surface area contributed by atoms with Gasteiger partial charge >= 0.3 is 0 Å². The summed E-state index contributed by atoms with van der Waals surface area (Å²) in [5, 5.41) is 0.208. The van der Waals surface area contributed by atoms with Crippen molar-refractivity contribution in [3.8, 4) is 11.5 Å². The molecule has 4 nitrogen and oxygen atoms in total. The molecule has 1 N–H and O–H groups in total. The summed E-state index contributed by atoms with van der Waals surface area (Å²) < 4.78 is 30.6. The molecule has 0 aromatic heterocycles. The number of ether oxygens (including phenoxy) is 2. The zero-order valence-electron chi connectivity index (χ0n) is 7.73. The maximum absolute atomic E-state index is 10.9. The monoisotopic (exact) mass is 248 g/mol. The summed E-state index contributed by atoms with van der Waals surface area (Å²) in [4.78, 5) is 0.140. The van der Waals surface area contributed by atoms with Gasteiger partial charge < -0.3 is 14.0 Å². The van der Waals surface area contributed by atoms with E-state index in [1.54, 1.807) is 0 Å². The molecule has 1 aromatic rings. The molecule has 0 spiro atoms. The Bertz CT molecular complexity index is 407. The molecule has 0 bridgehead atoms. The Morgan fingerprint density at radius 3 is 2.47 bits per heavy atom. The summed E-state index contributed by atoms with van der Waals surface area (Å²) in [6.07, 6.45) is 0.782. The van der Waals surface area contributed by atoms with E-state index >= 15 is 0 Å². The number of fused-ring (bicyclic) bond motifs is 1. The highest BCUT2D eigenvalue weighted by Gasteiger charge is 2.16. The lowest BCUT2D eigenvalue weighted by atomic mass is 10.3. The summed E-state index contributed by atoms with van der Waals surface area (Å²) in [7, 11) is 0. The lowest BCUT2D eigenvalue weighted by Gasteiger charge is -2.09. The van der Waals surface area contributed by atoms with Gasteiger partial charge in [-0.05, 0) is 0 Å². The molecule has 0 aliphatic carbocycles. The number of hydrogen-bond acceptors (Lipinski definition) is 3. The van der Waals surface area contributed by atoms with Crippen molar-refractivity contribution in [1.29, 1.82) is 0 Å². The van der Waals surface area contributed by atoms with E-state index < -0.39 is 11.1 Å². The molecule has 0 saturated heterocycles. The van der Waals surface area contributed by atoms with Crippen LogP contribution in [0.5, 0.6) is 11.5 Å². The first-order valence-corrected chi connectivity index (χ1v) is 5.87. The first-order chi connectivity index (χ1) is 7.18. The fraction of sp³-hybridized carbons (Fsp3) is 0.333. The van der Waals surface area contributed by atoms with Crippen LogP contribution in [0.1, 0.15) is 6.42 Å². The van der Waals surface area contributed by atoms with Gasteiger partial charge in [-0.3, -0.25) is 0 Å². The van der Waals surface area contributed by atoms with E-state index in [4.69, 9.17) is 25.6 Å². The van der Waals surface area contributed by atoms with Gasteiger partial charge in [-0.25, -0.2) is 4.21 Å². The Morgan fingerprint density at radius 2 is 1.87 bits per heavy atom. The van der Waals surface area contributed by atoms with Crippen LogP contribution in [0.2, 0.25) is 5.02 Å². The highest BCUT2D eigenvalue weighted by atomic mass is 35.5. The van der Waals surface area contributed by atoms with Crippen LogP contribution in [0, 0.1) is 0 Å². The van der Waals surface area contributed by atoms with Gasteiger partial charge in [-0.2, -0.15) is 0 Å². The third-order valence-electron chi connectivity index (χ3n) is 1.99. The number of benzene rings is 1. The van der Waals surface area contributed by atoms with E-state index in [0.29, 0.717) is 24.7 Å². The third kappa shape index (κ3) is 2.25. The molecule has 0 fully saturated rings. The lowest BCUT2D eigenvalue weighted by Crippen LogP contribution is -1.97. The highest BCUT2D eigenvalue weighted by Crippen LogP contribution is 2.36. The number of halogens is 1. The Labute approximate surface area is 94.4 Å². The van der Waals surface area contributed by atoms with Crippen molar-refractivity contribution in [2.45, 2.75) is 11.3 Å². The molecule has 1 atom stereocenters. The molecule has 2 rings (SSSR count). The summed E-state index contributed by atoms with van der Waals surface area (Å²) in [5.41, 5.74) is 0. The van der Waals surface area contributed by atoms with E-state index in [1.165, 1.54) is 12.1 Å². The van der Waals surface area contributed by atoms with Crippen LogP contribution in [0.15, 0.2) is 17.0 Å². The van der Waals surface area contributed by atoms with Crippen molar-refractivity contribution >= 4 is 22.7 Å². The SMILES string of the molecule is O=S(O)c1cc2c(cc1Cl)OCCCO2. The second-order valence-electron chi connectivity index (χ2n) is 3.03. The van der Waals surface area contributed by atoms with Gasteiger partial charge in [0.2, 0.25) is 0 Å². The lowest BCUT2D eigenvalue weighted by molar-refractivity contribution is 0.297. The normalized spacial score (nSPS) is 16.9. The Balaban J connectivity index is 2.47. The number of hydrogen-bond donors (Lipinski definition) is 1. The topological polar surface area (TPSA) is 55.8 Å². The van der Waals surface area contributed by atoms with Gasteiger partial charge in [0.05, 0.1) is 23.1 Å². The number of rotatable bonds is 1. The summed E-state index contributed by atoms with van der Waals surface area (Å²) in [5.74, 6) is 0.987. The molecular formula is C9H9ClO4S. The van der Waals surface area contributed by atoms with Gasteiger partial charge in [-0.15, -0.1) is 0 Å². The van der Waals surface area contributed by atoms with Crippen LogP contribution in [0.4, 0.5) is 0 Å². The quantitative estimate of drug-likeness (QED) is 0.773. The van der Waals surface area contributed by atoms with Crippen molar-refractivity contribution in [2.75, 3.05) is 13.2 Å². The summed E-state index contributed by atoms with van der Waals surface area (Å²) in [6, 6.07) is 2.95. The van der Waals surface area contributed by atoms with Gasteiger partial charge in [0, 0.05) is 18.6 Å². The van der Waals surface area contributed by atoms with E-state index in [-0.39, 0.29) is 9.92 Å². The van der Waals surface area contributed by atoms with E-state index in [2.05, 4.69) is 0 Å². The maximum Gasteiger partial charge on any atom is 0.188 e. The molecular weight excluding hydrogens is 240 g/mol. The summed E-state index contributed by atoms with van der Waals surface area (Å²) >= 11 is 3.71. The van der Waals surface area contributed by atoms with Crippen LogP contribution in [-0.4, -0.2) is 22.0 Å². The van der Waals surface area contributed by atoms with E-state index in [1.807, 2.05) is 0 Å².